The number of rotatable bonds is 1. The number of methoxy groups -OCH3 is 1. The van der Waals surface area contributed by atoms with Crippen LogP contribution in [-0.2, 0) is 0 Å². The lowest BCUT2D eigenvalue weighted by molar-refractivity contribution is 0.335. The third-order valence-electron chi connectivity index (χ3n) is 4.15. The molecule has 17 heavy (non-hydrogen) atoms. The molecular weight excluding hydrogens is 214 g/mol. The number of ether oxygens (including phenoxy) is 1. The van der Waals surface area contributed by atoms with Gasteiger partial charge in [-0.15, -0.1) is 0 Å². The maximum atomic E-state index is 5.18. The Morgan fingerprint density at radius 3 is 3.18 bits per heavy atom. The number of fused-ring (bicyclic) bond motifs is 2. The van der Waals surface area contributed by atoms with Gasteiger partial charge in [0.25, 0.3) is 0 Å². The zero-order chi connectivity index (χ0) is 11.9. The van der Waals surface area contributed by atoms with E-state index >= 15 is 0 Å². The highest BCUT2D eigenvalue weighted by Gasteiger charge is 2.40. The van der Waals surface area contributed by atoms with E-state index in [4.69, 9.17) is 4.74 Å². The second kappa shape index (κ2) is 3.79. The van der Waals surface area contributed by atoms with Crippen LogP contribution in [0.3, 0.4) is 0 Å². The van der Waals surface area contributed by atoms with Gasteiger partial charge in [-0.2, -0.15) is 4.98 Å². The Balaban J connectivity index is 1.95. The first-order valence-corrected chi connectivity index (χ1v) is 6.27. The molecule has 1 aliphatic carbocycles. The molecule has 3 rings (SSSR count). The van der Waals surface area contributed by atoms with E-state index in [9.17, 15) is 0 Å². The second-order valence-corrected chi connectivity index (χ2v) is 5.35. The summed E-state index contributed by atoms with van der Waals surface area (Å²) >= 11 is 0. The van der Waals surface area contributed by atoms with Crippen molar-refractivity contribution in [2.24, 2.45) is 5.41 Å². The fraction of sp³-hybridized carbons (Fsp3) is 0.615. The number of hydrogen-bond acceptors (Lipinski definition) is 4. The topological polar surface area (TPSA) is 46.2 Å². The van der Waals surface area contributed by atoms with E-state index in [1.807, 2.05) is 12.1 Å². The third-order valence-corrected chi connectivity index (χ3v) is 4.15. The number of nitrogens with one attached hydrogen (secondary N) is 2. The van der Waals surface area contributed by atoms with E-state index in [-0.39, 0.29) is 0 Å². The van der Waals surface area contributed by atoms with Crippen molar-refractivity contribution in [1.29, 1.82) is 0 Å². The molecule has 0 amide bonds. The first-order chi connectivity index (χ1) is 8.21. The van der Waals surface area contributed by atoms with Gasteiger partial charge in [0, 0.05) is 24.1 Å². The first-order valence-electron chi connectivity index (χ1n) is 6.27. The predicted octanol–water partition coefficient (Wildman–Crippen LogP) is 2.49. The van der Waals surface area contributed by atoms with Crippen molar-refractivity contribution >= 4 is 11.5 Å². The molecule has 1 aromatic heterocycles. The summed E-state index contributed by atoms with van der Waals surface area (Å²) in [5.41, 5.74) is 1.43. The Labute approximate surface area is 102 Å². The summed E-state index contributed by atoms with van der Waals surface area (Å²) in [6.07, 6.45) is 3.81. The van der Waals surface area contributed by atoms with Gasteiger partial charge in [-0.3, -0.25) is 0 Å². The highest BCUT2D eigenvalue weighted by molar-refractivity contribution is 5.67. The van der Waals surface area contributed by atoms with E-state index < -0.39 is 0 Å². The lowest BCUT2D eigenvalue weighted by atomic mass is 9.85. The van der Waals surface area contributed by atoms with Gasteiger partial charge in [0.1, 0.15) is 0 Å². The molecular formula is C13H19N3O. The maximum Gasteiger partial charge on any atom is 0.215 e. The van der Waals surface area contributed by atoms with Gasteiger partial charge in [0.15, 0.2) is 5.82 Å². The van der Waals surface area contributed by atoms with Crippen LogP contribution in [-0.4, -0.2) is 24.7 Å². The molecule has 1 aromatic rings. The minimum absolute atomic E-state index is 0.341. The molecule has 4 nitrogen and oxygen atoms in total. The van der Waals surface area contributed by atoms with Gasteiger partial charge in [-0.1, -0.05) is 13.3 Å². The van der Waals surface area contributed by atoms with Gasteiger partial charge >= 0.3 is 0 Å². The van der Waals surface area contributed by atoms with Crippen molar-refractivity contribution in [1.82, 2.24) is 4.98 Å². The number of anilines is 2. The summed E-state index contributed by atoms with van der Waals surface area (Å²) in [5, 5.41) is 7.09. The summed E-state index contributed by atoms with van der Waals surface area (Å²) in [5.74, 6) is 1.60. The second-order valence-electron chi connectivity index (χ2n) is 5.35. The van der Waals surface area contributed by atoms with Crippen LogP contribution in [0.1, 0.15) is 26.2 Å². The van der Waals surface area contributed by atoms with Gasteiger partial charge < -0.3 is 15.4 Å². The van der Waals surface area contributed by atoms with Crippen LogP contribution in [0.2, 0.25) is 0 Å². The van der Waals surface area contributed by atoms with Gasteiger partial charge in [-0.05, 0) is 18.9 Å². The molecule has 0 spiro atoms. The van der Waals surface area contributed by atoms with Crippen molar-refractivity contribution in [3.8, 4) is 5.88 Å². The van der Waals surface area contributed by atoms with Crippen LogP contribution in [0.25, 0.3) is 0 Å². The average Bonchev–Trinajstić information content (AvgIpc) is 2.63. The molecule has 92 valence electrons. The molecule has 4 heteroatoms. The third kappa shape index (κ3) is 1.72. The molecule has 0 saturated heterocycles. The molecule has 2 N–H and O–H groups in total. The standard InChI is InChI=1S/C13H19N3O/c1-13-7-3-4-10(13)15-12-9(14-8-13)5-6-11(16-12)17-2/h5-6,10,14H,3-4,7-8H2,1-2H3,(H,15,16). The highest BCUT2D eigenvalue weighted by Crippen LogP contribution is 2.43. The van der Waals surface area contributed by atoms with E-state index in [1.165, 1.54) is 19.3 Å². The number of aromatic nitrogens is 1. The fourth-order valence-electron chi connectivity index (χ4n) is 2.96. The maximum absolute atomic E-state index is 5.18. The first kappa shape index (κ1) is 10.7. The molecule has 0 aromatic carbocycles. The van der Waals surface area contributed by atoms with E-state index in [2.05, 4.69) is 22.5 Å². The SMILES string of the molecule is COc1ccc2c(n1)NC1CCCC1(C)CN2. The predicted molar refractivity (Wildman–Crippen MR) is 68.6 cm³/mol. The summed E-state index contributed by atoms with van der Waals surface area (Å²) < 4.78 is 5.18. The Hall–Kier alpha value is -1.45. The van der Waals surface area contributed by atoms with Crippen LogP contribution >= 0.6 is 0 Å². The molecule has 0 bridgehead atoms. The van der Waals surface area contributed by atoms with Gasteiger partial charge in [0.05, 0.1) is 12.8 Å². The summed E-state index contributed by atoms with van der Waals surface area (Å²) in [4.78, 5) is 4.49. The van der Waals surface area contributed by atoms with Crippen molar-refractivity contribution < 1.29 is 4.74 Å². The van der Waals surface area contributed by atoms with E-state index in [0.717, 1.165) is 18.1 Å². The zero-order valence-electron chi connectivity index (χ0n) is 10.4. The lowest BCUT2D eigenvalue weighted by Gasteiger charge is -2.29. The monoisotopic (exact) mass is 233 g/mol. The molecule has 2 atom stereocenters. The van der Waals surface area contributed by atoms with Crippen LogP contribution in [0.5, 0.6) is 5.88 Å². The van der Waals surface area contributed by atoms with Crippen molar-refractivity contribution in [3.63, 3.8) is 0 Å². The molecule has 2 aliphatic rings. The molecule has 2 unspecified atom stereocenters. The van der Waals surface area contributed by atoms with Crippen molar-refractivity contribution in [3.05, 3.63) is 12.1 Å². The van der Waals surface area contributed by atoms with Crippen molar-refractivity contribution in [2.45, 2.75) is 32.2 Å². The number of pyridine rings is 1. The summed E-state index contributed by atoms with van der Waals surface area (Å²) in [7, 11) is 1.65. The largest absolute Gasteiger partial charge is 0.481 e. The Kier molecular flexibility index (Phi) is 2.38. The normalized spacial score (nSPS) is 30.6. The zero-order valence-corrected chi connectivity index (χ0v) is 10.4. The molecule has 2 heterocycles. The lowest BCUT2D eigenvalue weighted by Crippen LogP contribution is -2.36. The molecule has 0 radical (unpaired) electrons. The van der Waals surface area contributed by atoms with E-state index in [1.54, 1.807) is 7.11 Å². The minimum atomic E-state index is 0.341. The quantitative estimate of drug-likeness (QED) is 0.782. The Morgan fingerprint density at radius 2 is 2.35 bits per heavy atom. The minimum Gasteiger partial charge on any atom is -0.481 e. The number of nitrogens with zero attached hydrogens (tertiary/aromatic N) is 1. The van der Waals surface area contributed by atoms with Crippen LogP contribution in [0, 0.1) is 5.41 Å². The molecule has 1 aliphatic heterocycles. The van der Waals surface area contributed by atoms with E-state index in [0.29, 0.717) is 17.3 Å². The fourth-order valence-corrected chi connectivity index (χ4v) is 2.96. The van der Waals surface area contributed by atoms with Crippen LogP contribution < -0.4 is 15.4 Å². The van der Waals surface area contributed by atoms with Crippen LogP contribution in [0.15, 0.2) is 12.1 Å². The summed E-state index contributed by atoms with van der Waals surface area (Å²) in [6.45, 7) is 3.37. The molecule has 1 fully saturated rings. The average molecular weight is 233 g/mol. The Morgan fingerprint density at radius 1 is 1.47 bits per heavy atom. The van der Waals surface area contributed by atoms with Gasteiger partial charge in [0.2, 0.25) is 5.88 Å². The van der Waals surface area contributed by atoms with Crippen molar-refractivity contribution in [2.75, 3.05) is 24.3 Å². The van der Waals surface area contributed by atoms with Crippen LogP contribution in [0.4, 0.5) is 11.5 Å². The number of hydrogen-bond donors (Lipinski definition) is 2. The van der Waals surface area contributed by atoms with Gasteiger partial charge in [-0.25, -0.2) is 0 Å². The highest BCUT2D eigenvalue weighted by atomic mass is 16.5. The summed E-state index contributed by atoms with van der Waals surface area (Å²) in [6, 6.07) is 4.46. The molecule has 1 saturated carbocycles. The Bertz CT molecular complexity index is 435. The smallest absolute Gasteiger partial charge is 0.215 e.